The van der Waals surface area contributed by atoms with Crippen LogP contribution in [0.3, 0.4) is 0 Å². The number of hydrogen-bond donors (Lipinski definition) is 0. The summed E-state index contributed by atoms with van der Waals surface area (Å²) in [6.07, 6.45) is 1.39. The second-order valence-electron chi connectivity index (χ2n) is 4.25. The number of para-hydroxylation sites is 2. The van der Waals surface area contributed by atoms with Crippen molar-refractivity contribution in [2.24, 2.45) is 7.05 Å². The molecule has 2 aromatic heterocycles. The summed E-state index contributed by atoms with van der Waals surface area (Å²) >= 11 is 0. The Bertz CT molecular complexity index is 787. The second kappa shape index (κ2) is 3.91. The Labute approximate surface area is 108 Å². The van der Waals surface area contributed by atoms with Crippen LogP contribution in [0.2, 0.25) is 0 Å². The van der Waals surface area contributed by atoms with E-state index in [1.807, 2.05) is 24.3 Å². The van der Waals surface area contributed by atoms with E-state index in [1.54, 1.807) is 18.5 Å². The fourth-order valence-electron chi connectivity index (χ4n) is 2.17. The molecule has 0 saturated carbocycles. The molecule has 0 unspecified atom stereocenters. The molecule has 7 nitrogen and oxygen atoms in total. The quantitative estimate of drug-likeness (QED) is 0.519. The number of hydrogen-bond acceptors (Lipinski definition) is 4. The molecule has 0 bridgehead atoms. The summed E-state index contributed by atoms with van der Waals surface area (Å²) < 4.78 is 3.13. The van der Waals surface area contributed by atoms with Gasteiger partial charge in [-0.3, -0.25) is 19.4 Å². The summed E-state index contributed by atoms with van der Waals surface area (Å²) in [5.41, 5.74) is 1.57. The Balaban J connectivity index is 2.36. The predicted octanol–water partition coefficient (Wildman–Crippen LogP) is 1.98. The van der Waals surface area contributed by atoms with Gasteiger partial charge in [-0.2, -0.15) is 0 Å². The van der Waals surface area contributed by atoms with E-state index in [0.29, 0.717) is 11.6 Å². The van der Waals surface area contributed by atoms with E-state index in [4.69, 9.17) is 0 Å². The molecular weight excluding hydrogens is 246 g/mol. The highest BCUT2D eigenvalue weighted by atomic mass is 16.6. The number of nitrogens with zero attached hydrogens (tertiary/aromatic N) is 5. The average Bonchev–Trinajstić information content (AvgIpc) is 2.88. The minimum atomic E-state index is -0.434. The van der Waals surface area contributed by atoms with Gasteiger partial charge in [0.2, 0.25) is 5.82 Å². The van der Waals surface area contributed by atoms with Gasteiger partial charge in [0, 0.05) is 7.05 Å². The molecule has 0 atom stereocenters. The van der Waals surface area contributed by atoms with Crippen molar-refractivity contribution < 1.29 is 4.92 Å². The molecule has 3 rings (SSSR count). The number of rotatable bonds is 2. The molecular formula is C12H11N5O2. The predicted molar refractivity (Wildman–Crippen MR) is 69.2 cm³/mol. The first-order valence-electron chi connectivity index (χ1n) is 5.70. The Kier molecular flexibility index (Phi) is 2.34. The van der Waals surface area contributed by atoms with E-state index >= 15 is 0 Å². The van der Waals surface area contributed by atoms with Crippen molar-refractivity contribution in [1.29, 1.82) is 0 Å². The summed E-state index contributed by atoms with van der Waals surface area (Å²) in [5.74, 6) is 0.960. The molecule has 3 aromatic rings. The SMILES string of the molecule is Cc1nc2ccccc2n1-c1nn(C)cc1[N+](=O)[O-]. The molecule has 0 spiro atoms. The largest absolute Gasteiger partial charge is 0.331 e. The lowest BCUT2D eigenvalue weighted by Crippen LogP contribution is -2.02. The lowest BCUT2D eigenvalue weighted by Gasteiger charge is -2.01. The highest BCUT2D eigenvalue weighted by Crippen LogP contribution is 2.26. The Hall–Kier alpha value is -2.70. The molecule has 0 fully saturated rings. The smallest absolute Gasteiger partial charge is 0.273 e. The van der Waals surface area contributed by atoms with Crippen LogP contribution in [0.1, 0.15) is 5.82 Å². The zero-order valence-corrected chi connectivity index (χ0v) is 10.4. The molecule has 0 aliphatic rings. The third-order valence-electron chi connectivity index (χ3n) is 2.93. The maximum Gasteiger partial charge on any atom is 0.331 e. The number of imidazole rings is 1. The highest BCUT2D eigenvalue weighted by molar-refractivity contribution is 5.78. The highest BCUT2D eigenvalue weighted by Gasteiger charge is 2.23. The van der Waals surface area contributed by atoms with Gasteiger partial charge in [0.1, 0.15) is 12.0 Å². The minimum Gasteiger partial charge on any atom is -0.273 e. The van der Waals surface area contributed by atoms with Crippen LogP contribution in [0.25, 0.3) is 16.9 Å². The summed E-state index contributed by atoms with van der Waals surface area (Å²) in [7, 11) is 1.66. The van der Waals surface area contributed by atoms with Gasteiger partial charge in [-0.05, 0) is 19.1 Å². The average molecular weight is 257 g/mol. The zero-order valence-electron chi connectivity index (χ0n) is 10.4. The monoisotopic (exact) mass is 257 g/mol. The molecule has 2 heterocycles. The first-order valence-corrected chi connectivity index (χ1v) is 5.70. The molecule has 0 N–H and O–H groups in total. The summed E-state index contributed by atoms with van der Waals surface area (Å²) in [4.78, 5) is 15.1. The van der Waals surface area contributed by atoms with E-state index in [2.05, 4.69) is 10.1 Å². The van der Waals surface area contributed by atoms with Crippen LogP contribution in [0, 0.1) is 17.0 Å². The van der Waals surface area contributed by atoms with Crippen molar-refractivity contribution in [3.8, 4) is 5.82 Å². The van der Waals surface area contributed by atoms with Crippen LogP contribution >= 0.6 is 0 Å². The Morgan fingerprint density at radius 3 is 2.79 bits per heavy atom. The third-order valence-corrected chi connectivity index (χ3v) is 2.93. The summed E-state index contributed by atoms with van der Waals surface area (Å²) in [6.45, 7) is 1.80. The Morgan fingerprint density at radius 2 is 2.05 bits per heavy atom. The maximum absolute atomic E-state index is 11.1. The van der Waals surface area contributed by atoms with Crippen molar-refractivity contribution >= 4 is 16.7 Å². The van der Waals surface area contributed by atoms with Gasteiger partial charge in [0.05, 0.1) is 16.0 Å². The molecule has 96 valence electrons. The van der Waals surface area contributed by atoms with Crippen molar-refractivity contribution in [2.45, 2.75) is 6.92 Å². The van der Waals surface area contributed by atoms with E-state index in [9.17, 15) is 10.1 Å². The molecule has 19 heavy (non-hydrogen) atoms. The van der Waals surface area contributed by atoms with Gasteiger partial charge in [0.15, 0.2) is 0 Å². The first kappa shape index (κ1) is 11.4. The third kappa shape index (κ3) is 1.67. The van der Waals surface area contributed by atoms with Crippen LogP contribution in [-0.4, -0.2) is 24.3 Å². The summed E-state index contributed by atoms with van der Waals surface area (Å²) in [5, 5.41) is 15.3. The standard InChI is InChI=1S/C12H11N5O2/c1-8-13-9-5-3-4-6-10(9)16(8)12-11(17(18)19)7-15(2)14-12/h3-7H,1-2H3. The molecule has 0 amide bonds. The lowest BCUT2D eigenvalue weighted by atomic mass is 10.3. The number of aryl methyl sites for hydroxylation is 2. The van der Waals surface area contributed by atoms with Crippen LogP contribution in [0.15, 0.2) is 30.5 Å². The molecule has 0 radical (unpaired) electrons. The zero-order chi connectivity index (χ0) is 13.6. The number of aromatic nitrogens is 4. The van der Waals surface area contributed by atoms with Crippen molar-refractivity contribution in [1.82, 2.24) is 19.3 Å². The topological polar surface area (TPSA) is 78.8 Å². The first-order chi connectivity index (χ1) is 9.08. The normalized spacial score (nSPS) is 11.1. The van der Waals surface area contributed by atoms with E-state index in [0.717, 1.165) is 11.0 Å². The van der Waals surface area contributed by atoms with Gasteiger partial charge < -0.3 is 0 Å². The van der Waals surface area contributed by atoms with Crippen molar-refractivity contribution in [2.75, 3.05) is 0 Å². The number of fused-ring (bicyclic) bond motifs is 1. The molecule has 0 saturated heterocycles. The van der Waals surface area contributed by atoms with Crippen molar-refractivity contribution in [3.05, 3.63) is 46.4 Å². The summed E-state index contributed by atoms with van der Waals surface area (Å²) in [6, 6.07) is 7.49. The van der Waals surface area contributed by atoms with Crippen LogP contribution in [0.5, 0.6) is 0 Å². The number of benzene rings is 1. The lowest BCUT2D eigenvalue weighted by molar-refractivity contribution is -0.384. The fraction of sp³-hybridized carbons (Fsp3) is 0.167. The van der Waals surface area contributed by atoms with Gasteiger partial charge in [-0.25, -0.2) is 4.98 Å². The number of nitro groups is 1. The van der Waals surface area contributed by atoms with Crippen molar-refractivity contribution in [3.63, 3.8) is 0 Å². The van der Waals surface area contributed by atoms with Crippen LogP contribution < -0.4 is 0 Å². The van der Waals surface area contributed by atoms with E-state index in [-0.39, 0.29) is 5.69 Å². The van der Waals surface area contributed by atoms with Crippen LogP contribution in [0.4, 0.5) is 5.69 Å². The van der Waals surface area contributed by atoms with Crippen LogP contribution in [-0.2, 0) is 7.05 Å². The molecule has 0 aliphatic carbocycles. The molecule has 0 aliphatic heterocycles. The fourth-order valence-corrected chi connectivity index (χ4v) is 2.17. The molecule has 7 heteroatoms. The van der Waals surface area contributed by atoms with Gasteiger partial charge >= 0.3 is 5.69 Å². The Morgan fingerprint density at radius 1 is 1.32 bits per heavy atom. The van der Waals surface area contributed by atoms with Gasteiger partial charge in [-0.1, -0.05) is 12.1 Å². The molecule has 1 aromatic carbocycles. The van der Waals surface area contributed by atoms with Gasteiger partial charge in [-0.15, -0.1) is 5.10 Å². The van der Waals surface area contributed by atoms with E-state index in [1.165, 1.54) is 10.9 Å². The maximum atomic E-state index is 11.1. The van der Waals surface area contributed by atoms with E-state index < -0.39 is 4.92 Å². The van der Waals surface area contributed by atoms with Gasteiger partial charge in [0.25, 0.3) is 0 Å². The minimum absolute atomic E-state index is 0.0336. The second-order valence-corrected chi connectivity index (χ2v) is 4.25.